The Morgan fingerprint density at radius 1 is 1.41 bits per heavy atom. The number of hydrogen-bond donors (Lipinski definition) is 2. The van der Waals surface area contributed by atoms with Gasteiger partial charge in [0, 0.05) is 37.1 Å². The highest BCUT2D eigenvalue weighted by Gasteiger charge is 2.36. The van der Waals surface area contributed by atoms with Crippen molar-refractivity contribution in [3.8, 4) is 0 Å². The van der Waals surface area contributed by atoms with Gasteiger partial charge in [0.1, 0.15) is 0 Å². The van der Waals surface area contributed by atoms with Crippen LogP contribution in [0.2, 0.25) is 0 Å². The lowest BCUT2D eigenvalue weighted by Crippen LogP contribution is -2.33. The zero-order chi connectivity index (χ0) is 15.3. The normalized spacial score (nSPS) is 22.0. The predicted molar refractivity (Wildman–Crippen MR) is 82.5 cm³/mol. The number of hydrogen-bond acceptors (Lipinski definition) is 3. The highest BCUT2D eigenvalue weighted by molar-refractivity contribution is 5.75. The molecule has 7 nitrogen and oxygen atoms in total. The zero-order valence-corrected chi connectivity index (χ0v) is 12.4. The molecular formula is C15H18N6O. The molecule has 0 unspecified atom stereocenters. The van der Waals surface area contributed by atoms with Crippen LogP contribution in [-0.2, 0) is 0 Å². The minimum absolute atomic E-state index is 0.244. The topological polar surface area (TPSA) is 92.3 Å². The summed E-state index contributed by atoms with van der Waals surface area (Å²) >= 11 is 0. The van der Waals surface area contributed by atoms with Crippen molar-refractivity contribution in [3.63, 3.8) is 0 Å². The van der Waals surface area contributed by atoms with Crippen molar-refractivity contribution in [1.82, 2.24) is 24.3 Å². The van der Waals surface area contributed by atoms with E-state index in [1.807, 2.05) is 18.5 Å². The Hall–Kier alpha value is -2.57. The van der Waals surface area contributed by atoms with Gasteiger partial charge in [-0.3, -0.25) is 4.40 Å². The smallest absolute Gasteiger partial charge is 0.314 e. The molecule has 3 aromatic rings. The van der Waals surface area contributed by atoms with Gasteiger partial charge in [-0.05, 0) is 12.0 Å². The van der Waals surface area contributed by atoms with Gasteiger partial charge in [-0.1, -0.05) is 13.3 Å². The van der Waals surface area contributed by atoms with Crippen LogP contribution in [0.3, 0.4) is 0 Å². The molecule has 1 fully saturated rings. The number of rotatable bonds is 2. The Morgan fingerprint density at radius 3 is 3.05 bits per heavy atom. The van der Waals surface area contributed by atoms with Gasteiger partial charge in [-0.2, -0.15) is 0 Å². The number of nitrogens with two attached hydrogens (primary N) is 1. The van der Waals surface area contributed by atoms with Crippen LogP contribution in [0.4, 0.5) is 4.79 Å². The maximum Gasteiger partial charge on any atom is 0.314 e. The summed E-state index contributed by atoms with van der Waals surface area (Å²) in [7, 11) is 0. The Morgan fingerprint density at radius 2 is 2.27 bits per heavy atom. The lowest BCUT2D eigenvalue weighted by Gasteiger charge is -2.16. The fourth-order valence-electron chi connectivity index (χ4n) is 3.55. The number of carbonyl (C=O) groups excluding carboxylic acids is 1. The molecule has 4 heterocycles. The molecule has 3 aromatic heterocycles. The van der Waals surface area contributed by atoms with Crippen LogP contribution in [-0.4, -0.2) is 43.4 Å². The van der Waals surface area contributed by atoms with Crippen molar-refractivity contribution in [2.24, 2.45) is 11.7 Å². The number of aromatic amines is 1. The van der Waals surface area contributed by atoms with Crippen molar-refractivity contribution in [1.29, 1.82) is 0 Å². The van der Waals surface area contributed by atoms with E-state index >= 15 is 0 Å². The van der Waals surface area contributed by atoms with Gasteiger partial charge in [-0.15, -0.1) is 0 Å². The summed E-state index contributed by atoms with van der Waals surface area (Å²) in [5, 5.41) is 0. The van der Waals surface area contributed by atoms with E-state index in [0.29, 0.717) is 19.0 Å². The molecule has 0 spiro atoms. The van der Waals surface area contributed by atoms with Crippen molar-refractivity contribution < 1.29 is 4.79 Å². The summed E-state index contributed by atoms with van der Waals surface area (Å²) in [5.41, 5.74) is 9.27. The number of fused-ring (bicyclic) bond motifs is 3. The van der Waals surface area contributed by atoms with Crippen LogP contribution in [0, 0.1) is 5.92 Å². The van der Waals surface area contributed by atoms with E-state index in [0.717, 1.165) is 28.9 Å². The summed E-state index contributed by atoms with van der Waals surface area (Å²) in [4.78, 5) is 25.2. The Bertz CT molecular complexity index is 850. The first-order chi connectivity index (χ1) is 10.7. The highest BCUT2D eigenvalue weighted by atomic mass is 16.2. The molecule has 1 saturated heterocycles. The van der Waals surface area contributed by atoms with Crippen molar-refractivity contribution in [3.05, 3.63) is 30.4 Å². The van der Waals surface area contributed by atoms with Crippen LogP contribution in [0.15, 0.2) is 24.7 Å². The second-order valence-corrected chi connectivity index (χ2v) is 5.86. The zero-order valence-electron chi connectivity index (χ0n) is 12.4. The minimum atomic E-state index is -0.344. The van der Waals surface area contributed by atoms with Gasteiger partial charge in [0.2, 0.25) is 0 Å². The average molecular weight is 298 g/mol. The molecule has 0 bridgehead atoms. The van der Waals surface area contributed by atoms with Crippen molar-refractivity contribution in [2.75, 3.05) is 13.1 Å². The standard InChI is InChI=1S/C15H18N6O/c1-2-9-7-20(15(16)22)8-10(9)12-5-18-13-6-19-14-11(21(12)13)3-4-17-14/h3-6,9-10,17H,2,7-8H2,1H3,(H2,16,22)/t9-,10+/m1/s1. The van der Waals surface area contributed by atoms with Crippen molar-refractivity contribution in [2.45, 2.75) is 19.3 Å². The second kappa shape index (κ2) is 4.72. The number of nitrogens with zero attached hydrogens (tertiary/aromatic N) is 4. The number of likely N-dealkylation sites (tertiary alicyclic amines) is 1. The predicted octanol–water partition coefficient (Wildman–Crippen LogP) is 1.71. The lowest BCUT2D eigenvalue weighted by atomic mass is 9.91. The molecule has 0 saturated carbocycles. The molecule has 2 amide bonds. The van der Waals surface area contributed by atoms with Crippen LogP contribution in [0.1, 0.15) is 25.0 Å². The van der Waals surface area contributed by atoms with Crippen LogP contribution in [0.5, 0.6) is 0 Å². The van der Waals surface area contributed by atoms with Crippen LogP contribution < -0.4 is 5.73 Å². The van der Waals surface area contributed by atoms with Gasteiger partial charge in [-0.25, -0.2) is 14.8 Å². The molecule has 0 radical (unpaired) electrons. The first kappa shape index (κ1) is 13.1. The summed E-state index contributed by atoms with van der Waals surface area (Å²) in [6.45, 7) is 3.51. The number of H-pyrrole nitrogens is 1. The first-order valence-corrected chi connectivity index (χ1v) is 7.53. The third kappa shape index (κ3) is 1.78. The number of urea groups is 1. The third-order valence-electron chi connectivity index (χ3n) is 4.73. The molecule has 0 aromatic carbocycles. The number of amides is 2. The molecule has 2 atom stereocenters. The van der Waals surface area contributed by atoms with E-state index in [-0.39, 0.29) is 11.9 Å². The summed E-state index contributed by atoms with van der Waals surface area (Å²) in [6, 6.07) is 1.66. The first-order valence-electron chi connectivity index (χ1n) is 7.53. The molecular weight excluding hydrogens is 280 g/mol. The maximum absolute atomic E-state index is 11.5. The Balaban J connectivity index is 1.86. The molecule has 7 heteroatoms. The van der Waals surface area contributed by atoms with Crippen molar-refractivity contribution >= 4 is 22.8 Å². The molecule has 1 aliphatic heterocycles. The number of carbonyl (C=O) groups is 1. The summed E-state index contributed by atoms with van der Waals surface area (Å²) in [5.74, 6) is 0.641. The van der Waals surface area contributed by atoms with E-state index < -0.39 is 0 Å². The van der Waals surface area contributed by atoms with Gasteiger partial charge in [0.25, 0.3) is 0 Å². The van der Waals surface area contributed by atoms with Gasteiger partial charge in [0.15, 0.2) is 11.3 Å². The molecule has 114 valence electrons. The molecule has 0 aliphatic carbocycles. The highest BCUT2D eigenvalue weighted by Crippen LogP contribution is 2.35. The van der Waals surface area contributed by atoms with Crippen LogP contribution >= 0.6 is 0 Å². The van der Waals surface area contributed by atoms with Gasteiger partial charge >= 0.3 is 6.03 Å². The Kier molecular flexibility index (Phi) is 2.82. The van der Waals surface area contributed by atoms with Crippen LogP contribution in [0.25, 0.3) is 16.8 Å². The lowest BCUT2D eigenvalue weighted by molar-refractivity contribution is 0.216. The second-order valence-electron chi connectivity index (χ2n) is 5.86. The molecule has 22 heavy (non-hydrogen) atoms. The summed E-state index contributed by atoms with van der Waals surface area (Å²) in [6.07, 6.45) is 6.55. The fourth-order valence-corrected chi connectivity index (χ4v) is 3.55. The average Bonchev–Trinajstić information content (AvgIpc) is 3.22. The van der Waals surface area contributed by atoms with Gasteiger partial charge < -0.3 is 15.6 Å². The van der Waals surface area contributed by atoms with E-state index in [1.54, 1.807) is 11.1 Å². The largest absolute Gasteiger partial charge is 0.351 e. The number of primary amides is 1. The van der Waals surface area contributed by atoms with E-state index in [4.69, 9.17) is 5.73 Å². The van der Waals surface area contributed by atoms with E-state index in [9.17, 15) is 4.79 Å². The minimum Gasteiger partial charge on any atom is -0.351 e. The maximum atomic E-state index is 11.5. The molecule has 1 aliphatic rings. The van der Waals surface area contributed by atoms with E-state index in [1.165, 1.54) is 0 Å². The van der Waals surface area contributed by atoms with Gasteiger partial charge in [0.05, 0.1) is 11.7 Å². The number of nitrogens with one attached hydrogen (secondary N) is 1. The number of imidazole rings is 1. The Labute approximate surface area is 127 Å². The third-order valence-corrected chi connectivity index (χ3v) is 4.73. The fraction of sp³-hybridized carbons (Fsp3) is 0.400. The SMILES string of the molecule is CC[C@@H]1CN(C(N)=O)C[C@@H]1c1cnc2cnc3[nH]ccc3n12. The van der Waals surface area contributed by atoms with E-state index in [2.05, 4.69) is 26.3 Å². The quantitative estimate of drug-likeness (QED) is 0.754. The monoisotopic (exact) mass is 298 g/mol. The molecule has 3 N–H and O–H groups in total. The number of aromatic nitrogens is 4. The molecule has 4 rings (SSSR count). The summed E-state index contributed by atoms with van der Waals surface area (Å²) < 4.78 is 2.14.